The number of benzene rings is 8. The zero-order chi connectivity index (χ0) is 32.8. The summed E-state index contributed by atoms with van der Waals surface area (Å²) in [7, 11) is 0. The summed E-state index contributed by atoms with van der Waals surface area (Å²) in [5.41, 5.74) is 11.0. The van der Waals surface area contributed by atoms with Crippen LogP contribution in [0.4, 0.5) is 0 Å². The maximum Gasteiger partial charge on any atom is 0.0541 e. The number of aromatic nitrogens is 3. The van der Waals surface area contributed by atoms with Crippen molar-refractivity contribution >= 4 is 76.2 Å². The smallest absolute Gasteiger partial charge is 0.0541 e. The zero-order valence-corrected chi connectivity index (χ0v) is 27.3. The Morgan fingerprint density at radius 2 is 0.720 bits per heavy atom. The van der Waals surface area contributed by atoms with Crippen molar-refractivity contribution in [2.45, 2.75) is 6.54 Å². The summed E-state index contributed by atoms with van der Waals surface area (Å²) in [5, 5.41) is 10.1. The Hall–Kier alpha value is -6.58. The molecule has 0 aliphatic carbocycles. The van der Waals surface area contributed by atoms with Crippen molar-refractivity contribution < 1.29 is 0 Å². The first kappa shape index (κ1) is 27.4. The highest BCUT2D eigenvalue weighted by molar-refractivity contribution is 6.13. The van der Waals surface area contributed by atoms with Gasteiger partial charge in [-0.05, 0) is 83.1 Å². The summed E-state index contributed by atoms with van der Waals surface area (Å²) >= 11 is 0. The molecule has 0 amide bonds. The van der Waals surface area contributed by atoms with Crippen LogP contribution in [0.25, 0.3) is 87.6 Å². The minimum absolute atomic E-state index is 0.786. The summed E-state index contributed by atoms with van der Waals surface area (Å²) in [5.74, 6) is 0. The van der Waals surface area contributed by atoms with Crippen LogP contribution in [0.15, 0.2) is 176 Å². The molecule has 0 saturated heterocycles. The Bertz CT molecular complexity index is 2850. The maximum atomic E-state index is 2.50. The second kappa shape index (κ2) is 10.5. The highest BCUT2D eigenvalue weighted by Gasteiger charge is 2.18. The van der Waals surface area contributed by atoms with Crippen molar-refractivity contribution in [1.29, 1.82) is 0 Å². The van der Waals surface area contributed by atoms with Gasteiger partial charge in [0, 0.05) is 61.3 Å². The normalized spacial score (nSPS) is 12.1. The summed E-state index contributed by atoms with van der Waals surface area (Å²) in [6, 6.07) is 64.6. The molecule has 3 nitrogen and oxygen atoms in total. The highest BCUT2D eigenvalue weighted by atomic mass is 15.0. The van der Waals surface area contributed by atoms with Gasteiger partial charge in [-0.3, -0.25) is 0 Å². The predicted molar refractivity (Wildman–Crippen MR) is 211 cm³/mol. The van der Waals surface area contributed by atoms with Crippen LogP contribution in [0.1, 0.15) is 5.56 Å². The Morgan fingerprint density at radius 1 is 0.300 bits per heavy atom. The van der Waals surface area contributed by atoms with E-state index in [9.17, 15) is 0 Å². The lowest BCUT2D eigenvalue weighted by Crippen LogP contribution is -2.00. The summed E-state index contributed by atoms with van der Waals surface area (Å²) < 4.78 is 7.35. The fraction of sp³-hybridized carbons (Fsp3) is 0.0213. The standard InChI is InChI=1S/C47H31N3/c1-2-12-33-27-31(21-22-32(33)11-1)30-48-42-25-23-34(49-44-17-7-3-13-36(44)37-14-4-8-18-45(37)49)28-40(42)41-29-35(24-26-43(41)48)50-46-19-9-5-15-38(46)39-16-6-10-20-47(39)50/h1-29H,30H2. The lowest BCUT2D eigenvalue weighted by Gasteiger charge is -2.11. The first-order valence-corrected chi connectivity index (χ1v) is 17.3. The van der Waals surface area contributed by atoms with Gasteiger partial charge in [0.25, 0.3) is 0 Å². The predicted octanol–water partition coefficient (Wildman–Crippen LogP) is 12.2. The number of rotatable bonds is 4. The minimum atomic E-state index is 0.786. The van der Waals surface area contributed by atoms with Gasteiger partial charge in [-0.2, -0.15) is 0 Å². The maximum absolute atomic E-state index is 2.50. The minimum Gasteiger partial charge on any atom is -0.336 e. The number of hydrogen-bond donors (Lipinski definition) is 0. The number of hydrogen-bond acceptors (Lipinski definition) is 0. The third kappa shape index (κ3) is 3.92. The first-order valence-electron chi connectivity index (χ1n) is 17.3. The van der Waals surface area contributed by atoms with E-state index in [-0.39, 0.29) is 0 Å². The van der Waals surface area contributed by atoms with Crippen LogP contribution in [0.2, 0.25) is 0 Å². The van der Waals surface area contributed by atoms with Gasteiger partial charge in [0.05, 0.1) is 22.1 Å². The van der Waals surface area contributed by atoms with Gasteiger partial charge < -0.3 is 13.7 Å². The monoisotopic (exact) mass is 637 g/mol. The fourth-order valence-electron chi connectivity index (χ4n) is 8.45. The molecule has 0 spiro atoms. The van der Waals surface area contributed by atoms with Gasteiger partial charge in [-0.15, -0.1) is 0 Å². The van der Waals surface area contributed by atoms with Gasteiger partial charge in [0.15, 0.2) is 0 Å². The van der Waals surface area contributed by atoms with E-state index < -0.39 is 0 Å². The third-order valence-electron chi connectivity index (χ3n) is 10.7. The Kier molecular flexibility index (Phi) is 5.73. The molecule has 0 radical (unpaired) electrons. The Morgan fingerprint density at radius 3 is 1.20 bits per heavy atom. The molecule has 11 rings (SSSR count). The fourth-order valence-corrected chi connectivity index (χ4v) is 8.45. The molecule has 0 saturated carbocycles. The topological polar surface area (TPSA) is 14.8 Å². The largest absolute Gasteiger partial charge is 0.336 e. The molecule has 0 atom stereocenters. The van der Waals surface area contributed by atoms with E-state index in [1.165, 1.54) is 93.1 Å². The van der Waals surface area contributed by atoms with E-state index in [0.717, 1.165) is 6.54 Å². The van der Waals surface area contributed by atoms with E-state index >= 15 is 0 Å². The molecule has 0 fully saturated rings. The van der Waals surface area contributed by atoms with E-state index in [0.29, 0.717) is 0 Å². The summed E-state index contributed by atoms with van der Waals surface area (Å²) in [6.07, 6.45) is 0. The van der Waals surface area contributed by atoms with E-state index in [1.807, 2.05) is 0 Å². The van der Waals surface area contributed by atoms with Crippen LogP contribution in [-0.4, -0.2) is 13.7 Å². The summed E-state index contributed by atoms with van der Waals surface area (Å²) in [6.45, 7) is 0.786. The van der Waals surface area contributed by atoms with Crippen molar-refractivity contribution in [1.82, 2.24) is 13.7 Å². The molecule has 0 N–H and O–H groups in total. The molecule has 3 heterocycles. The van der Waals surface area contributed by atoms with Crippen molar-refractivity contribution in [3.05, 3.63) is 181 Å². The van der Waals surface area contributed by atoms with Gasteiger partial charge in [0.2, 0.25) is 0 Å². The van der Waals surface area contributed by atoms with Crippen LogP contribution < -0.4 is 0 Å². The molecular formula is C47H31N3. The Balaban J connectivity index is 1.19. The molecule has 0 unspecified atom stereocenters. The molecule has 0 bridgehead atoms. The quantitative estimate of drug-likeness (QED) is 0.182. The molecule has 8 aromatic carbocycles. The van der Waals surface area contributed by atoms with Crippen LogP contribution in [-0.2, 0) is 6.54 Å². The second-order valence-electron chi connectivity index (χ2n) is 13.4. The first-order chi connectivity index (χ1) is 24.8. The molecule has 0 aliphatic rings. The van der Waals surface area contributed by atoms with E-state index in [2.05, 4.69) is 190 Å². The van der Waals surface area contributed by atoms with Gasteiger partial charge in [-0.1, -0.05) is 109 Å². The van der Waals surface area contributed by atoms with Gasteiger partial charge in [0.1, 0.15) is 0 Å². The number of para-hydroxylation sites is 4. The second-order valence-corrected chi connectivity index (χ2v) is 13.4. The number of fused-ring (bicyclic) bond motifs is 10. The SMILES string of the molecule is c1ccc2cc(Cn3c4ccc(-n5c6ccccc6c6ccccc65)cc4c4cc(-n5c6ccccc6c6ccccc65)ccc43)ccc2c1. The van der Waals surface area contributed by atoms with Crippen molar-refractivity contribution in [2.75, 3.05) is 0 Å². The van der Waals surface area contributed by atoms with Crippen LogP contribution in [0, 0.1) is 0 Å². The number of nitrogens with zero attached hydrogens (tertiary/aromatic N) is 3. The molecule has 3 aromatic heterocycles. The van der Waals surface area contributed by atoms with E-state index in [1.54, 1.807) is 0 Å². The molecule has 0 aliphatic heterocycles. The highest BCUT2D eigenvalue weighted by Crippen LogP contribution is 2.38. The lowest BCUT2D eigenvalue weighted by atomic mass is 10.1. The van der Waals surface area contributed by atoms with Crippen LogP contribution in [0.5, 0.6) is 0 Å². The molecule has 50 heavy (non-hydrogen) atoms. The van der Waals surface area contributed by atoms with Crippen LogP contribution >= 0.6 is 0 Å². The summed E-state index contributed by atoms with van der Waals surface area (Å²) in [4.78, 5) is 0. The van der Waals surface area contributed by atoms with Crippen molar-refractivity contribution in [3.63, 3.8) is 0 Å². The lowest BCUT2D eigenvalue weighted by molar-refractivity contribution is 0.870. The Labute approximate surface area is 288 Å². The molecular weight excluding hydrogens is 607 g/mol. The average molecular weight is 638 g/mol. The van der Waals surface area contributed by atoms with Crippen molar-refractivity contribution in [2.24, 2.45) is 0 Å². The molecule has 234 valence electrons. The molecule has 11 aromatic rings. The average Bonchev–Trinajstić information content (AvgIpc) is 3.80. The van der Waals surface area contributed by atoms with Gasteiger partial charge in [-0.25, -0.2) is 0 Å². The zero-order valence-electron chi connectivity index (χ0n) is 27.3. The van der Waals surface area contributed by atoms with Gasteiger partial charge >= 0.3 is 0 Å². The van der Waals surface area contributed by atoms with Crippen LogP contribution in [0.3, 0.4) is 0 Å². The third-order valence-corrected chi connectivity index (χ3v) is 10.7. The van der Waals surface area contributed by atoms with Crippen molar-refractivity contribution in [3.8, 4) is 11.4 Å². The van der Waals surface area contributed by atoms with E-state index in [4.69, 9.17) is 0 Å². The molecule has 3 heteroatoms.